The number of rotatable bonds is 6. The molecule has 1 saturated heterocycles. The van der Waals surface area contributed by atoms with E-state index >= 15 is 0 Å². The van der Waals surface area contributed by atoms with Gasteiger partial charge in [0.25, 0.3) is 5.91 Å². The Hall–Kier alpha value is -2.90. The first kappa shape index (κ1) is 16.5. The largest absolute Gasteiger partial charge is 0.481 e. The van der Waals surface area contributed by atoms with Crippen molar-refractivity contribution in [3.05, 3.63) is 29.8 Å². The maximum absolute atomic E-state index is 12.2. The van der Waals surface area contributed by atoms with Gasteiger partial charge in [0.15, 0.2) is 6.61 Å². The fourth-order valence-electron chi connectivity index (χ4n) is 1.99. The number of hydrogen-bond acceptors (Lipinski definition) is 5. The van der Waals surface area contributed by atoms with Crippen LogP contribution in [0.5, 0.6) is 5.75 Å². The number of carbonyl (C=O) groups excluding carboxylic acids is 2. The molecule has 3 amide bonds. The number of imide groups is 1. The number of amides is 3. The van der Waals surface area contributed by atoms with Crippen molar-refractivity contribution in [2.45, 2.75) is 25.8 Å². The van der Waals surface area contributed by atoms with Crippen LogP contribution in [0.1, 0.15) is 25.8 Å². The molecule has 1 aliphatic rings. The van der Waals surface area contributed by atoms with E-state index in [1.807, 2.05) is 0 Å². The van der Waals surface area contributed by atoms with Crippen LogP contribution in [0.3, 0.4) is 0 Å². The molecule has 8 heteroatoms. The molecule has 0 aromatic heterocycles. The summed E-state index contributed by atoms with van der Waals surface area (Å²) in [6.07, 6.45) is 1.73. The number of carboxylic acids is 1. The molecule has 122 valence electrons. The number of nitrogens with one attached hydrogen (secondary N) is 1. The Kier molecular flexibility index (Phi) is 4.63. The van der Waals surface area contributed by atoms with E-state index in [0.717, 1.165) is 5.01 Å². The number of nitrogens with zero attached hydrogens (tertiary/aromatic N) is 2. The first-order valence-electron chi connectivity index (χ1n) is 7.01. The third kappa shape index (κ3) is 3.47. The van der Waals surface area contributed by atoms with E-state index in [0.29, 0.717) is 17.7 Å². The average molecular weight is 319 g/mol. The molecule has 1 aromatic carbocycles. The third-order valence-corrected chi connectivity index (χ3v) is 3.53. The van der Waals surface area contributed by atoms with Crippen LogP contribution in [0.4, 0.5) is 4.79 Å². The topological polar surface area (TPSA) is 108 Å². The van der Waals surface area contributed by atoms with Crippen LogP contribution in [0.2, 0.25) is 0 Å². The molecule has 0 aliphatic carbocycles. The minimum atomic E-state index is -1.11. The lowest BCUT2D eigenvalue weighted by molar-refractivity contribution is -0.139. The van der Waals surface area contributed by atoms with E-state index in [4.69, 9.17) is 9.84 Å². The predicted octanol–water partition coefficient (Wildman–Crippen LogP) is 1.20. The Morgan fingerprint density at radius 3 is 2.74 bits per heavy atom. The van der Waals surface area contributed by atoms with Gasteiger partial charge in [-0.2, -0.15) is 5.10 Å². The molecule has 1 heterocycles. The minimum Gasteiger partial charge on any atom is -0.481 e. The Balaban J connectivity index is 2.19. The summed E-state index contributed by atoms with van der Waals surface area (Å²) in [7, 11) is 0. The zero-order chi connectivity index (χ0) is 17.0. The third-order valence-electron chi connectivity index (χ3n) is 3.53. The van der Waals surface area contributed by atoms with Crippen LogP contribution in [0.25, 0.3) is 0 Å². The molecule has 0 bridgehead atoms. The summed E-state index contributed by atoms with van der Waals surface area (Å²) in [4.78, 5) is 34.6. The number of urea groups is 1. The summed E-state index contributed by atoms with van der Waals surface area (Å²) in [5, 5.41) is 15.9. The number of carbonyl (C=O) groups is 3. The van der Waals surface area contributed by atoms with Gasteiger partial charge < -0.3 is 15.2 Å². The maximum Gasteiger partial charge on any atom is 0.346 e. The van der Waals surface area contributed by atoms with Crippen molar-refractivity contribution in [2.24, 2.45) is 5.10 Å². The van der Waals surface area contributed by atoms with Gasteiger partial charge in [0.05, 0.1) is 6.21 Å². The van der Waals surface area contributed by atoms with Gasteiger partial charge in [-0.25, -0.2) is 9.59 Å². The summed E-state index contributed by atoms with van der Waals surface area (Å²) >= 11 is 0. The van der Waals surface area contributed by atoms with Gasteiger partial charge in [-0.1, -0.05) is 19.1 Å². The highest BCUT2D eigenvalue weighted by Crippen LogP contribution is 2.22. The second-order valence-electron chi connectivity index (χ2n) is 5.20. The van der Waals surface area contributed by atoms with Gasteiger partial charge in [-0.3, -0.25) is 4.79 Å². The molecule has 2 N–H and O–H groups in total. The van der Waals surface area contributed by atoms with Crippen molar-refractivity contribution in [1.29, 1.82) is 0 Å². The molecule has 0 radical (unpaired) electrons. The van der Waals surface area contributed by atoms with E-state index in [1.54, 1.807) is 38.1 Å². The highest BCUT2D eigenvalue weighted by atomic mass is 16.5. The number of hydrazone groups is 1. The van der Waals surface area contributed by atoms with Crippen LogP contribution in [0, 0.1) is 0 Å². The highest BCUT2D eigenvalue weighted by Gasteiger charge is 2.46. The number of aliphatic carboxylic acids is 1. The van der Waals surface area contributed by atoms with Gasteiger partial charge >= 0.3 is 12.0 Å². The van der Waals surface area contributed by atoms with E-state index in [2.05, 4.69) is 10.4 Å². The molecule has 1 atom stereocenters. The predicted molar refractivity (Wildman–Crippen MR) is 81.2 cm³/mol. The monoisotopic (exact) mass is 319 g/mol. The first-order valence-corrected chi connectivity index (χ1v) is 7.01. The molecular weight excluding hydrogens is 302 g/mol. The van der Waals surface area contributed by atoms with Crippen molar-refractivity contribution in [3.8, 4) is 5.75 Å². The second kappa shape index (κ2) is 6.47. The van der Waals surface area contributed by atoms with Crippen LogP contribution < -0.4 is 10.1 Å². The lowest BCUT2D eigenvalue weighted by Crippen LogP contribution is -2.42. The van der Waals surface area contributed by atoms with Crippen molar-refractivity contribution in [2.75, 3.05) is 6.61 Å². The lowest BCUT2D eigenvalue weighted by atomic mass is 10.00. The van der Waals surface area contributed by atoms with Crippen molar-refractivity contribution < 1.29 is 24.2 Å². The van der Waals surface area contributed by atoms with Gasteiger partial charge in [0.2, 0.25) is 0 Å². The number of ether oxygens (including phenoxy) is 1. The van der Waals surface area contributed by atoms with Crippen molar-refractivity contribution in [3.63, 3.8) is 0 Å². The Bertz CT molecular complexity index is 673. The van der Waals surface area contributed by atoms with Crippen molar-refractivity contribution >= 4 is 24.1 Å². The Morgan fingerprint density at radius 1 is 1.43 bits per heavy atom. The lowest BCUT2D eigenvalue weighted by Gasteiger charge is -2.17. The molecule has 1 aromatic rings. The molecule has 2 rings (SSSR count). The second-order valence-corrected chi connectivity index (χ2v) is 5.20. The molecule has 0 unspecified atom stereocenters. The Labute approximate surface area is 132 Å². The standard InChI is InChI=1S/C15H17N3O5/c1-3-15(2)13(21)18(14(22)17-15)16-8-10-6-4-5-7-11(10)23-9-12(19)20/h4-8H,3,9H2,1-2H3,(H,17,22)(H,19,20)/b16-8-/t15-/m0/s1. The SMILES string of the molecule is CC[C@]1(C)NC(=O)N(/N=C\c2ccccc2OCC(=O)O)C1=O. The first-order chi connectivity index (χ1) is 10.9. The van der Waals surface area contributed by atoms with E-state index < -0.39 is 30.1 Å². The smallest absolute Gasteiger partial charge is 0.346 e. The summed E-state index contributed by atoms with van der Waals surface area (Å²) in [5.74, 6) is -1.25. The zero-order valence-corrected chi connectivity index (χ0v) is 12.8. The van der Waals surface area contributed by atoms with Gasteiger partial charge in [-0.15, -0.1) is 5.01 Å². The summed E-state index contributed by atoms with van der Waals surface area (Å²) in [5.41, 5.74) is -0.507. The zero-order valence-electron chi connectivity index (χ0n) is 12.8. The van der Waals surface area contributed by atoms with Crippen LogP contribution in [-0.4, -0.2) is 46.4 Å². The molecule has 0 saturated carbocycles. The van der Waals surface area contributed by atoms with E-state index in [9.17, 15) is 14.4 Å². The molecule has 0 spiro atoms. The summed E-state index contributed by atoms with van der Waals surface area (Å²) in [6.45, 7) is 2.93. The van der Waals surface area contributed by atoms with E-state index in [1.165, 1.54) is 6.21 Å². The number of benzene rings is 1. The van der Waals surface area contributed by atoms with Crippen LogP contribution >= 0.6 is 0 Å². The van der Waals surface area contributed by atoms with Crippen LogP contribution in [-0.2, 0) is 9.59 Å². The number of para-hydroxylation sites is 1. The normalized spacial score (nSPS) is 20.9. The number of hydrogen-bond donors (Lipinski definition) is 2. The minimum absolute atomic E-state index is 0.295. The summed E-state index contributed by atoms with van der Waals surface area (Å²) in [6, 6.07) is 6.00. The summed E-state index contributed by atoms with van der Waals surface area (Å²) < 4.78 is 5.13. The molecule has 23 heavy (non-hydrogen) atoms. The maximum atomic E-state index is 12.2. The Morgan fingerprint density at radius 2 is 2.13 bits per heavy atom. The molecule has 1 aliphatic heterocycles. The number of carboxylic acid groups (broad SMARTS) is 1. The molecular formula is C15H17N3O5. The molecule has 8 nitrogen and oxygen atoms in total. The van der Waals surface area contributed by atoms with Crippen LogP contribution in [0.15, 0.2) is 29.4 Å². The highest BCUT2D eigenvalue weighted by molar-refractivity contribution is 6.07. The average Bonchev–Trinajstić information content (AvgIpc) is 2.74. The van der Waals surface area contributed by atoms with Gasteiger partial charge in [0, 0.05) is 5.56 Å². The van der Waals surface area contributed by atoms with E-state index in [-0.39, 0.29) is 0 Å². The fraction of sp³-hybridized carbons (Fsp3) is 0.333. The van der Waals surface area contributed by atoms with Gasteiger partial charge in [-0.05, 0) is 25.5 Å². The van der Waals surface area contributed by atoms with Crippen molar-refractivity contribution in [1.82, 2.24) is 10.3 Å². The fourth-order valence-corrected chi connectivity index (χ4v) is 1.99. The quantitative estimate of drug-likeness (QED) is 0.605. The van der Waals surface area contributed by atoms with Gasteiger partial charge in [0.1, 0.15) is 11.3 Å². The molecule has 1 fully saturated rings.